The maximum absolute atomic E-state index is 13.5. The van der Waals surface area contributed by atoms with E-state index in [1.54, 1.807) is 11.0 Å². The van der Waals surface area contributed by atoms with E-state index in [9.17, 15) is 36.2 Å². The van der Waals surface area contributed by atoms with E-state index in [0.29, 0.717) is 43.0 Å². The Morgan fingerprint density at radius 3 is 2.39 bits per heavy atom. The van der Waals surface area contributed by atoms with Crippen LogP contribution >= 0.6 is 0 Å². The summed E-state index contributed by atoms with van der Waals surface area (Å²) in [5, 5.41) is 9.29. The summed E-state index contributed by atoms with van der Waals surface area (Å²) in [4.78, 5) is 13.1. The van der Waals surface area contributed by atoms with E-state index in [2.05, 4.69) is 0 Å². The number of alkyl halides is 6. The molecule has 4 rings (SSSR count). The quantitative estimate of drug-likeness (QED) is 0.339. The van der Waals surface area contributed by atoms with Gasteiger partial charge >= 0.3 is 18.3 Å². The first-order valence-electron chi connectivity index (χ1n) is 12.6. The van der Waals surface area contributed by atoms with Gasteiger partial charge in [-0.1, -0.05) is 26.0 Å². The van der Waals surface area contributed by atoms with Crippen molar-refractivity contribution in [3.63, 3.8) is 0 Å². The third-order valence-corrected chi connectivity index (χ3v) is 7.67. The van der Waals surface area contributed by atoms with Crippen LogP contribution in [-0.2, 0) is 23.7 Å². The maximum Gasteiger partial charge on any atom is 0.416 e. The molecule has 2 aliphatic rings. The Morgan fingerprint density at radius 1 is 1.08 bits per heavy atom. The zero-order valence-corrected chi connectivity index (χ0v) is 21.2. The van der Waals surface area contributed by atoms with Crippen LogP contribution in [-0.4, -0.2) is 35.7 Å². The van der Waals surface area contributed by atoms with Gasteiger partial charge in [-0.15, -0.1) is 0 Å². The van der Waals surface area contributed by atoms with Gasteiger partial charge in [0.15, 0.2) is 0 Å². The number of rotatable bonds is 9. The Hall–Kier alpha value is -2.75. The fourth-order valence-corrected chi connectivity index (χ4v) is 5.42. The van der Waals surface area contributed by atoms with Crippen LogP contribution in [0.25, 0.3) is 0 Å². The van der Waals surface area contributed by atoms with Crippen molar-refractivity contribution in [2.24, 2.45) is 17.3 Å². The molecule has 1 aliphatic carbocycles. The van der Waals surface area contributed by atoms with Gasteiger partial charge in [0.2, 0.25) is 0 Å². The fourth-order valence-electron chi connectivity index (χ4n) is 5.42. The standard InChI is InChI=1S/C28H31F6NO3/c1-26(2)16-35(13-19-10-20(27(29,30)31)8-9-24(19)28(32,33)34)14-21(26)15-38-22-5-3-4-18(11-22)23(12-25(36)37)17-6-7-17/h3-5,8-11,17,21,23H,6-7,12-16H2,1-2H3,(H,36,37). The molecule has 0 amide bonds. The number of carboxylic acids is 1. The lowest BCUT2D eigenvalue weighted by Gasteiger charge is -2.26. The van der Waals surface area contributed by atoms with Crippen LogP contribution in [0.2, 0.25) is 0 Å². The van der Waals surface area contributed by atoms with Crippen molar-refractivity contribution in [2.45, 2.75) is 57.9 Å². The van der Waals surface area contributed by atoms with Gasteiger partial charge in [-0.2, -0.15) is 26.3 Å². The Kier molecular flexibility index (Phi) is 7.76. The molecule has 0 radical (unpaired) electrons. The van der Waals surface area contributed by atoms with Crippen molar-refractivity contribution >= 4 is 5.97 Å². The molecule has 1 saturated heterocycles. The number of carboxylic acid groups (broad SMARTS) is 1. The monoisotopic (exact) mass is 543 g/mol. The lowest BCUT2D eigenvalue weighted by molar-refractivity contribution is -0.142. The van der Waals surface area contributed by atoms with Crippen LogP contribution in [0, 0.1) is 17.3 Å². The van der Waals surface area contributed by atoms with E-state index in [-0.39, 0.29) is 36.8 Å². The van der Waals surface area contributed by atoms with Crippen LogP contribution in [0.3, 0.4) is 0 Å². The summed E-state index contributed by atoms with van der Waals surface area (Å²) in [6, 6.07) is 8.92. The molecular weight excluding hydrogens is 512 g/mol. The number of likely N-dealkylation sites (tertiary alicyclic amines) is 1. The Labute approximate surface area is 217 Å². The lowest BCUT2D eigenvalue weighted by Crippen LogP contribution is -2.27. The van der Waals surface area contributed by atoms with Crippen LogP contribution in [0.1, 0.15) is 61.3 Å². The highest BCUT2D eigenvalue weighted by atomic mass is 19.4. The van der Waals surface area contributed by atoms with Gasteiger partial charge in [0.05, 0.1) is 24.2 Å². The van der Waals surface area contributed by atoms with Crippen molar-refractivity contribution in [3.05, 3.63) is 64.7 Å². The number of halogens is 6. The first kappa shape index (κ1) is 28.3. The molecule has 2 fully saturated rings. The lowest BCUT2D eigenvalue weighted by atomic mass is 9.82. The molecule has 0 spiro atoms. The first-order valence-corrected chi connectivity index (χ1v) is 12.6. The summed E-state index contributed by atoms with van der Waals surface area (Å²) in [6.45, 7) is 4.70. The SMILES string of the molecule is CC1(C)CN(Cc2cc(C(F)(F)F)ccc2C(F)(F)F)CC1COc1cccc(C(CC(=O)O)C2CC2)c1. The first-order chi connectivity index (χ1) is 17.6. The van der Waals surface area contributed by atoms with Crippen LogP contribution in [0.4, 0.5) is 26.3 Å². The minimum Gasteiger partial charge on any atom is -0.493 e. The molecule has 208 valence electrons. The molecule has 1 saturated carbocycles. The molecule has 2 aromatic rings. The van der Waals surface area contributed by atoms with E-state index < -0.39 is 35.0 Å². The van der Waals surface area contributed by atoms with Gasteiger partial charge < -0.3 is 9.84 Å². The third-order valence-electron chi connectivity index (χ3n) is 7.67. The summed E-state index contributed by atoms with van der Waals surface area (Å²) in [5.41, 5.74) is -2.01. The maximum atomic E-state index is 13.5. The number of carbonyl (C=O) groups is 1. The van der Waals surface area contributed by atoms with Crippen molar-refractivity contribution in [3.8, 4) is 5.75 Å². The normalized spacial score (nSPS) is 20.9. The highest BCUT2D eigenvalue weighted by Gasteiger charge is 2.42. The zero-order chi connectivity index (χ0) is 27.9. The van der Waals surface area contributed by atoms with Gasteiger partial charge in [-0.3, -0.25) is 9.69 Å². The molecule has 10 heteroatoms. The molecule has 1 aliphatic heterocycles. The number of benzene rings is 2. The molecule has 2 unspecified atom stereocenters. The zero-order valence-electron chi connectivity index (χ0n) is 21.2. The topological polar surface area (TPSA) is 49.8 Å². The number of aliphatic carboxylic acids is 1. The van der Waals surface area contributed by atoms with E-state index in [1.807, 2.05) is 32.0 Å². The summed E-state index contributed by atoms with van der Waals surface area (Å²) in [7, 11) is 0. The minimum atomic E-state index is -4.76. The van der Waals surface area contributed by atoms with Crippen LogP contribution < -0.4 is 4.74 Å². The average Bonchev–Trinajstić information content (AvgIpc) is 3.59. The molecular formula is C28H31F6NO3. The highest BCUT2D eigenvalue weighted by Crippen LogP contribution is 2.45. The third kappa shape index (κ3) is 6.81. The molecule has 2 atom stereocenters. The Bertz CT molecular complexity index is 1160. The van der Waals surface area contributed by atoms with Crippen molar-refractivity contribution in [1.82, 2.24) is 4.90 Å². The molecule has 1 heterocycles. The van der Waals surface area contributed by atoms with E-state index >= 15 is 0 Å². The number of ether oxygens (including phenoxy) is 1. The predicted molar refractivity (Wildman–Crippen MR) is 129 cm³/mol. The van der Waals surface area contributed by atoms with Gasteiger partial charge in [0.25, 0.3) is 0 Å². The summed E-state index contributed by atoms with van der Waals surface area (Å²) < 4.78 is 86.3. The second kappa shape index (κ2) is 10.4. The van der Waals surface area contributed by atoms with E-state index in [4.69, 9.17) is 4.74 Å². The largest absolute Gasteiger partial charge is 0.493 e. The number of nitrogens with zero attached hydrogens (tertiary/aromatic N) is 1. The van der Waals surface area contributed by atoms with E-state index in [1.165, 1.54) is 0 Å². The molecule has 1 N–H and O–H groups in total. The predicted octanol–water partition coefficient (Wildman–Crippen LogP) is 7.23. The Morgan fingerprint density at radius 2 is 1.79 bits per heavy atom. The highest BCUT2D eigenvalue weighted by molar-refractivity contribution is 5.68. The molecule has 4 nitrogen and oxygen atoms in total. The van der Waals surface area contributed by atoms with Crippen molar-refractivity contribution in [2.75, 3.05) is 19.7 Å². The van der Waals surface area contributed by atoms with Gasteiger partial charge in [0.1, 0.15) is 5.75 Å². The summed E-state index contributed by atoms with van der Waals surface area (Å²) in [5.74, 6) is -0.0732. The van der Waals surface area contributed by atoms with Gasteiger partial charge in [-0.25, -0.2) is 0 Å². The summed E-state index contributed by atoms with van der Waals surface area (Å²) >= 11 is 0. The molecule has 0 bridgehead atoms. The smallest absolute Gasteiger partial charge is 0.416 e. The molecule has 0 aromatic heterocycles. The van der Waals surface area contributed by atoms with Crippen molar-refractivity contribution in [1.29, 1.82) is 0 Å². The van der Waals surface area contributed by atoms with Crippen molar-refractivity contribution < 1.29 is 41.0 Å². The van der Waals surface area contributed by atoms with Crippen LogP contribution in [0.15, 0.2) is 42.5 Å². The van der Waals surface area contributed by atoms with Crippen LogP contribution in [0.5, 0.6) is 5.75 Å². The van der Waals surface area contributed by atoms with Gasteiger partial charge in [0, 0.05) is 25.6 Å². The second-order valence-corrected chi connectivity index (χ2v) is 11.1. The second-order valence-electron chi connectivity index (χ2n) is 11.1. The summed E-state index contributed by atoms with van der Waals surface area (Å²) in [6.07, 6.45) is -7.46. The molecule has 2 aromatic carbocycles. The Balaban J connectivity index is 1.45. The average molecular weight is 544 g/mol. The minimum absolute atomic E-state index is 0.0498. The van der Waals surface area contributed by atoms with Gasteiger partial charge in [-0.05, 0) is 71.6 Å². The molecule has 38 heavy (non-hydrogen) atoms. The number of hydrogen-bond acceptors (Lipinski definition) is 3. The fraction of sp³-hybridized carbons (Fsp3) is 0.536. The van der Waals surface area contributed by atoms with E-state index in [0.717, 1.165) is 18.4 Å². The number of hydrogen-bond donors (Lipinski definition) is 1.